The van der Waals surface area contributed by atoms with E-state index in [0.29, 0.717) is 31.8 Å². The van der Waals surface area contributed by atoms with Gasteiger partial charge >= 0.3 is 0 Å². The predicted octanol–water partition coefficient (Wildman–Crippen LogP) is 3.46. The van der Waals surface area contributed by atoms with E-state index in [9.17, 15) is 4.79 Å². The molecule has 1 N–H and O–H groups in total. The summed E-state index contributed by atoms with van der Waals surface area (Å²) in [6.45, 7) is 2.17. The summed E-state index contributed by atoms with van der Waals surface area (Å²) in [5.41, 5.74) is 2.01. The van der Waals surface area contributed by atoms with Gasteiger partial charge in [0.2, 0.25) is 5.91 Å². The predicted molar refractivity (Wildman–Crippen MR) is 111 cm³/mol. The second kappa shape index (κ2) is 8.92. The van der Waals surface area contributed by atoms with E-state index in [-0.39, 0.29) is 11.9 Å². The van der Waals surface area contributed by atoms with Crippen molar-refractivity contribution in [2.45, 2.75) is 18.9 Å². The van der Waals surface area contributed by atoms with Crippen LogP contribution in [0, 0.1) is 0 Å². The molecular formula is C23H25N3O3. The highest BCUT2D eigenvalue weighted by atomic mass is 16.5. The molecule has 1 saturated heterocycles. The zero-order valence-electron chi connectivity index (χ0n) is 16.5. The smallest absolute Gasteiger partial charge is 0.223 e. The third kappa shape index (κ3) is 4.32. The average molecular weight is 391 g/mol. The Labute approximate surface area is 170 Å². The van der Waals surface area contributed by atoms with E-state index < -0.39 is 0 Å². The van der Waals surface area contributed by atoms with Gasteiger partial charge in [-0.2, -0.15) is 0 Å². The lowest BCUT2D eigenvalue weighted by Crippen LogP contribution is -2.48. The summed E-state index contributed by atoms with van der Waals surface area (Å²) in [7, 11) is 1.66. The molecule has 0 aliphatic carbocycles. The van der Waals surface area contributed by atoms with Crippen LogP contribution in [0.2, 0.25) is 0 Å². The third-order valence-electron chi connectivity index (χ3n) is 5.23. The monoisotopic (exact) mass is 391 g/mol. The lowest BCUT2D eigenvalue weighted by atomic mass is 10.0. The fraction of sp³-hybridized carbons (Fsp3) is 0.304. The maximum absolute atomic E-state index is 13.0. The van der Waals surface area contributed by atoms with Gasteiger partial charge in [-0.15, -0.1) is 0 Å². The third-order valence-corrected chi connectivity index (χ3v) is 5.23. The lowest BCUT2D eigenvalue weighted by Gasteiger charge is -2.37. The molecule has 0 bridgehead atoms. The van der Waals surface area contributed by atoms with Crippen LogP contribution in [0.3, 0.4) is 0 Å². The summed E-state index contributed by atoms with van der Waals surface area (Å²) < 4.78 is 11.4. The van der Waals surface area contributed by atoms with Gasteiger partial charge in [0.05, 0.1) is 19.3 Å². The minimum Gasteiger partial charge on any atom is -0.496 e. The molecule has 4 rings (SSSR count). The number of amides is 1. The van der Waals surface area contributed by atoms with E-state index in [1.807, 2.05) is 59.5 Å². The van der Waals surface area contributed by atoms with Gasteiger partial charge in [0.1, 0.15) is 5.75 Å². The average Bonchev–Trinajstić information content (AvgIpc) is 3.27. The number of hydrogen-bond donors (Lipinski definition) is 1. The zero-order chi connectivity index (χ0) is 20.1. The standard InChI is InChI=1S/C23H25N3O3/c1-28-20-10-6-5-9-18(20)19-15-24-13-14-26(19)23(27)12-11-22-25-16-21(29-22)17-7-3-2-4-8-17/h2-10,16,19,24H,11-15H2,1H3. The Morgan fingerprint density at radius 3 is 2.83 bits per heavy atom. The van der Waals surface area contributed by atoms with E-state index in [0.717, 1.165) is 29.2 Å². The molecular weight excluding hydrogens is 366 g/mol. The van der Waals surface area contributed by atoms with Crippen molar-refractivity contribution < 1.29 is 13.9 Å². The molecule has 0 saturated carbocycles. The quantitative estimate of drug-likeness (QED) is 0.697. The molecule has 3 aromatic rings. The summed E-state index contributed by atoms with van der Waals surface area (Å²) in [6, 6.07) is 17.7. The SMILES string of the molecule is COc1ccccc1C1CNCCN1C(=O)CCc1ncc(-c2ccccc2)o1. The summed E-state index contributed by atoms with van der Waals surface area (Å²) in [6.07, 6.45) is 2.56. The van der Waals surface area contributed by atoms with E-state index >= 15 is 0 Å². The van der Waals surface area contributed by atoms with Gasteiger partial charge in [-0.25, -0.2) is 4.98 Å². The Bertz CT molecular complexity index is 955. The number of nitrogens with one attached hydrogen (secondary N) is 1. The highest BCUT2D eigenvalue weighted by molar-refractivity contribution is 5.77. The van der Waals surface area contributed by atoms with Crippen molar-refractivity contribution >= 4 is 5.91 Å². The molecule has 1 amide bonds. The van der Waals surface area contributed by atoms with Crippen LogP contribution in [0.1, 0.15) is 23.9 Å². The van der Waals surface area contributed by atoms with Gasteiger partial charge in [-0.1, -0.05) is 48.5 Å². The Kier molecular flexibility index (Phi) is 5.91. The Balaban J connectivity index is 1.44. The Morgan fingerprint density at radius 2 is 2.00 bits per heavy atom. The molecule has 0 radical (unpaired) electrons. The highest BCUT2D eigenvalue weighted by Gasteiger charge is 2.29. The molecule has 1 unspecified atom stereocenters. The molecule has 150 valence electrons. The van der Waals surface area contributed by atoms with Crippen molar-refractivity contribution in [2.75, 3.05) is 26.7 Å². The number of carbonyl (C=O) groups excluding carboxylic acids is 1. The summed E-state index contributed by atoms with van der Waals surface area (Å²) in [5, 5.41) is 3.38. The van der Waals surface area contributed by atoms with Crippen molar-refractivity contribution in [3.05, 3.63) is 72.2 Å². The first-order valence-corrected chi connectivity index (χ1v) is 9.89. The van der Waals surface area contributed by atoms with E-state index in [4.69, 9.17) is 9.15 Å². The van der Waals surface area contributed by atoms with Gasteiger partial charge in [0.15, 0.2) is 11.7 Å². The lowest BCUT2D eigenvalue weighted by molar-refractivity contribution is -0.134. The first kappa shape index (κ1) is 19.2. The molecule has 29 heavy (non-hydrogen) atoms. The summed E-state index contributed by atoms with van der Waals surface area (Å²) in [5.74, 6) is 2.21. The number of benzene rings is 2. The van der Waals surface area contributed by atoms with Crippen LogP contribution >= 0.6 is 0 Å². The maximum atomic E-state index is 13.0. The summed E-state index contributed by atoms with van der Waals surface area (Å²) >= 11 is 0. The van der Waals surface area contributed by atoms with Crippen LogP contribution in [-0.4, -0.2) is 42.5 Å². The van der Waals surface area contributed by atoms with Crippen molar-refractivity contribution in [1.82, 2.24) is 15.2 Å². The van der Waals surface area contributed by atoms with Crippen LogP contribution in [-0.2, 0) is 11.2 Å². The largest absolute Gasteiger partial charge is 0.496 e. The minimum absolute atomic E-state index is 0.0446. The summed E-state index contributed by atoms with van der Waals surface area (Å²) in [4.78, 5) is 19.3. The number of oxazole rings is 1. The van der Waals surface area contributed by atoms with Crippen molar-refractivity contribution in [3.63, 3.8) is 0 Å². The maximum Gasteiger partial charge on any atom is 0.223 e. The first-order valence-electron chi connectivity index (χ1n) is 9.89. The van der Waals surface area contributed by atoms with Crippen LogP contribution in [0.15, 0.2) is 65.2 Å². The van der Waals surface area contributed by atoms with Crippen LogP contribution in [0.5, 0.6) is 5.75 Å². The molecule has 1 atom stereocenters. The fourth-order valence-corrected chi connectivity index (χ4v) is 3.74. The van der Waals surface area contributed by atoms with Gasteiger partial charge in [-0.05, 0) is 6.07 Å². The number of rotatable bonds is 6. The highest BCUT2D eigenvalue weighted by Crippen LogP contribution is 2.30. The fourth-order valence-electron chi connectivity index (χ4n) is 3.74. The van der Waals surface area contributed by atoms with Crippen molar-refractivity contribution in [2.24, 2.45) is 0 Å². The number of carbonyl (C=O) groups is 1. The molecule has 1 aromatic heterocycles. The first-order chi connectivity index (χ1) is 14.3. The van der Waals surface area contributed by atoms with Gasteiger partial charge in [0, 0.05) is 43.6 Å². The number of methoxy groups -OCH3 is 1. The molecule has 6 nitrogen and oxygen atoms in total. The van der Waals surface area contributed by atoms with Gasteiger partial charge < -0.3 is 19.4 Å². The second-order valence-corrected chi connectivity index (χ2v) is 7.03. The number of hydrogen-bond acceptors (Lipinski definition) is 5. The molecule has 0 spiro atoms. The van der Waals surface area contributed by atoms with Crippen molar-refractivity contribution in [1.29, 1.82) is 0 Å². The Morgan fingerprint density at radius 1 is 1.21 bits per heavy atom. The van der Waals surface area contributed by atoms with Crippen LogP contribution in [0.25, 0.3) is 11.3 Å². The van der Waals surface area contributed by atoms with Crippen LogP contribution < -0.4 is 10.1 Å². The molecule has 1 aliphatic heterocycles. The second-order valence-electron chi connectivity index (χ2n) is 7.03. The van der Waals surface area contributed by atoms with E-state index in [1.165, 1.54) is 0 Å². The van der Waals surface area contributed by atoms with E-state index in [2.05, 4.69) is 10.3 Å². The zero-order valence-corrected chi connectivity index (χ0v) is 16.5. The topological polar surface area (TPSA) is 67.6 Å². The number of ether oxygens (including phenoxy) is 1. The van der Waals surface area contributed by atoms with Crippen LogP contribution in [0.4, 0.5) is 0 Å². The van der Waals surface area contributed by atoms with E-state index in [1.54, 1.807) is 13.3 Å². The van der Waals surface area contributed by atoms with Gasteiger partial charge in [-0.3, -0.25) is 4.79 Å². The number of piperazine rings is 1. The number of para-hydroxylation sites is 1. The Hall–Kier alpha value is -3.12. The van der Waals surface area contributed by atoms with Crippen molar-refractivity contribution in [3.8, 4) is 17.1 Å². The number of aryl methyl sites for hydroxylation is 1. The molecule has 6 heteroatoms. The number of aromatic nitrogens is 1. The molecule has 2 heterocycles. The molecule has 1 fully saturated rings. The minimum atomic E-state index is -0.0446. The normalized spacial score (nSPS) is 16.6. The molecule has 2 aromatic carbocycles. The number of nitrogens with zero attached hydrogens (tertiary/aromatic N) is 2. The molecule has 1 aliphatic rings. The van der Waals surface area contributed by atoms with Gasteiger partial charge in [0.25, 0.3) is 0 Å².